The van der Waals surface area contributed by atoms with E-state index in [1.807, 2.05) is 38.2 Å². The number of likely N-dealkylation sites (N-methyl/N-ethyl adjacent to an activating group) is 1. The van der Waals surface area contributed by atoms with Gasteiger partial charge in [-0.1, -0.05) is 6.07 Å². The number of carbonyl (C=O) groups excluding carboxylic acids is 1. The average molecular weight is 381 g/mol. The number of rotatable bonds is 2. The van der Waals surface area contributed by atoms with Gasteiger partial charge in [0.15, 0.2) is 0 Å². The Morgan fingerprint density at radius 2 is 2.21 bits per heavy atom. The van der Waals surface area contributed by atoms with Crippen LogP contribution in [0.5, 0.6) is 5.75 Å². The van der Waals surface area contributed by atoms with Crippen molar-refractivity contribution in [1.82, 2.24) is 16.0 Å². The van der Waals surface area contributed by atoms with Crippen molar-refractivity contribution in [1.29, 1.82) is 0 Å². The Morgan fingerprint density at radius 3 is 3.00 bits per heavy atom. The van der Waals surface area contributed by atoms with Gasteiger partial charge < -0.3 is 25.4 Å². The number of hydrogen-bond donors (Lipinski definition) is 3. The Labute approximate surface area is 163 Å². The molecule has 0 fully saturated rings. The topological polar surface area (TPSA) is 96.3 Å². The van der Waals surface area contributed by atoms with Crippen molar-refractivity contribution in [3.8, 4) is 5.75 Å². The quantitative estimate of drug-likeness (QED) is 0.715. The number of nitrogens with zero attached hydrogens (tertiary/aromatic N) is 2. The summed E-state index contributed by atoms with van der Waals surface area (Å²) in [5.74, 6) is 1.08. The number of hydrogen-bond acceptors (Lipinski definition) is 7. The van der Waals surface area contributed by atoms with Crippen molar-refractivity contribution in [3.05, 3.63) is 46.8 Å². The Bertz CT molecular complexity index is 932. The van der Waals surface area contributed by atoms with Crippen LogP contribution in [0.2, 0.25) is 0 Å². The van der Waals surface area contributed by atoms with E-state index in [1.54, 1.807) is 13.3 Å². The molecule has 0 radical (unpaired) electrons. The van der Waals surface area contributed by atoms with Crippen molar-refractivity contribution >= 4 is 23.6 Å². The molecule has 4 rings (SSSR count). The predicted octanol–water partition coefficient (Wildman–Crippen LogP) is 1.17. The van der Waals surface area contributed by atoms with Crippen molar-refractivity contribution in [2.24, 2.45) is 9.98 Å². The van der Waals surface area contributed by atoms with Gasteiger partial charge in [0.2, 0.25) is 0 Å². The van der Waals surface area contributed by atoms with Crippen LogP contribution in [0.15, 0.2) is 51.2 Å². The fourth-order valence-corrected chi connectivity index (χ4v) is 3.40. The van der Waals surface area contributed by atoms with Gasteiger partial charge in [0.25, 0.3) is 5.91 Å². The molecule has 0 saturated carbocycles. The second-order valence-corrected chi connectivity index (χ2v) is 6.88. The van der Waals surface area contributed by atoms with Crippen LogP contribution in [-0.2, 0) is 16.1 Å². The van der Waals surface area contributed by atoms with Crippen LogP contribution in [0.25, 0.3) is 0 Å². The monoisotopic (exact) mass is 381 g/mol. The predicted molar refractivity (Wildman–Crippen MR) is 107 cm³/mol. The lowest BCUT2D eigenvalue weighted by molar-refractivity contribution is -0.118. The zero-order valence-electron chi connectivity index (χ0n) is 16.1. The number of methoxy groups -OCH3 is 1. The van der Waals surface area contributed by atoms with Crippen molar-refractivity contribution < 1.29 is 14.3 Å². The lowest BCUT2D eigenvalue weighted by Gasteiger charge is -2.25. The summed E-state index contributed by atoms with van der Waals surface area (Å²) >= 11 is 0. The maximum atomic E-state index is 12.8. The molecule has 3 aliphatic rings. The first-order valence-corrected chi connectivity index (χ1v) is 9.17. The minimum Gasteiger partial charge on any atom is -0.494 e. The molecule has 0 saturated heterocycles. The summed E-state index contributed by atoms with van der Waals surface area (Å²) in [7, 11) is 3.45. The van der Waals surface area contributed by atoms with Crippen molar-refractivity contribution in [2.75, 3.05) is 20.8 Å². The minimum absolute atomic E-state index is 0.134. The number of carbonyl (C=O) groups is 1. The number of nitrogens with one attached hydrogen (secondary N) is 3. The fourth-order valence-electron chi connectivity index (χ4n) is 3.40. The van der Waals surface area contributed by atoms with E-state index in [2.05, 4.69) is 20.9 Å². The van der Waals surface area contributed by atoms with Crippen LogP contribution in [0, 0.1) is 0 Å². The standard InChI is InChI=1S/C20H23N5O3/c1-11-9-28-10-12-4-5-16(27-3)14(6-12)24-17-7-15(21-2)19-18(25-17)13(8-22-19)20(26)23-11/h4-8,11,19,21H,9-10H2,1-3H3,(H,23,26)(H,24,25). The van der Waals surface area contributed by atoms with Gasteiger partial charge in [-0.3, -0.25) is 9.79 Å². The fraction of sp³-hybridized carbons (Fsp3) is 0.350. The number of benzene rings is 1. The Morgan fingerprint density at radius 1 is 1.36 bits per heavy atom. The zero-order chi connectivity index (χ0) is 19.7. The van der Waals surface area contributed by atoms with Crippen LogP contribution in [0.4, 0.5) is 5.69 Å². The SMILES string of the molecule is CNC1=CC2=Nc3cc(ccc3OC)COCC(C)NC(=O)C3=C(N2)C1N=C3. The second kappa shape index (κ2) is 7.47. The maximum Gasteiger partial charge on any atom is 0.254 e. The normalized spacial score (nSPS) is 23.9. The molecular formula is C20H23N5O3. The largest absolute Gasteiger partial charge is 0.494 e. The van der Waals surface area contributed by atoms with E-state index in [0.29, 0.717) is 41.8 Å². The van der Waals surface area contributed by atoms with Gasteiger partial charge in [0.05, 0.1) is 31.6 Å². The number of amides is 1. The molecule has 1 amide bonds. The molecule has 2 atom stereocenters. The highest BCUT2D eigenvalue weighted by Gasteiger charge is 2.33. The molecule has 146 valence electrons. The first kappa shape index (κ1) is 18.2. The van der Waals surface area contributed by atoms with Crippen molar-refractivity contribution in [2.45, 2.75) is 25.6 Å². The highest BCUT2D eigenvalue weighted by atomic mass is 16.5. The third-order valence-corrected chi connectivity index (χ3v) is 4.80. The summed E-state index contributed by atoms with van der Waals surface area (Å²) in [4.78, 5) is 22.0. The van der Waals surface area contributed by atoms with E-state index in [1.165, 1.54) is 0 Å². The van der Waals surface area contributed by atoms with E-state index in [-0.39, 0.29) is 18.0 Å². The summed E-state index contributed by atoms with van der Waals surface area (Å²) in [6, 6.07) is 5.37. The van der Waals surface area contributed by atoms with Crippen molar-refractivity contribution in [3.63, 3.8) is 0 Å². The Hall–Kier alpha value is -3.13. The van der Waals surface area contributed by atoms with Crippen LogP contribution in [0.1, 0.15) is 12.5 Å². The van der Waals surface area contributed by atoms with E-state index >= 15 is 0 Å². The first-order chi connectivity index (χ1) is 13.6. The number of aliphatic imine (C=N–C) groups is 2. The average Bonchev–Trinajstić information content (AvgIpc) is 3.11. The molecule has 3 heterocycles. The maximum absolute atomic E-state index is 12.8. The molecule has 3 N–H and O–H groups in total. The third-order valence-electron chi connectivity index (χ3n) is 4.80. The van der Waals surface area contributed by atoms with Gasteiger partial charge in [-0.2, -0.15) is 0 Å². The molecule has 8 heteroatoms. The molecule has 1 aromatic carbocycles. The number of fused-ring (bicyclic) bond motifs is 3. The van der Waals surface area contributed by atoms with Gasteiger partial charge in [0, 0.05) is 31.1 Å². The van der Waals surface area contributed by atoms with Gasteiger partial charge in [-0.15, -0.1) is 0 Å². The summed E-state index contributed by atoms with van der Waals surface area (Å²) in [5, 5.41) is 9.41. The Kier molecular flexibility index (Phi) is 4.87. The van der Waals surface area contributed by atoms with Gasteiger partial charge >= 0.3 is 0 Å². The molecule has 0 spiro atoms. The summed E-state index contributed by atoms with van der Waals surface area (Å²) < 4.78 is 11.2. The number of amidine groups is 1. The smallest absolute Gasteiger partial charge is 0.254 e. The van der Waals surface area contributed by atoms with E-state index in [0.717, 1.165) is 11.3 Å². The highest BCUT2D eigenvalue weighted by molar-refractivity contribution is 6.16. The molecule has 2 unspecified atom stereocenters. The molecule has 28 heavy (non-hydrogen) atoms. The molecule has 8 nitrogen and oxygen atoms in total. The molecule has 1 aromatic rings. The van der Waals surface area contributed by atoms with Crippen LogP contribution in [0.3, 0.4) is 0 Å². The van der Waals surface area contributed by atoms with Gasteiger partial charge in [0.1, 0.15) is 23.3 Å². The van der Waals surface area contributed by atoms with Crippen LogP contribution >= 0.6 is 0 Å². The van der Waals surface area contributed by atoms with E-state index in [9.17, 15) is 4.79 Å². The van der Waals surface area contributed by atoms with E-state index in [4.69, 9.17) is 14.5 Å². The molecule has 0 aliphatic carbocycles. The molecule has 0 aromatic heterocycles. The Balaban J connectivity index is 1.84. The van der Waals surface area contributed by atoms with Gasteiger partial charge in [-0.25, -0.2) is 4.99 Å². The van der Waals surface area contributed by atoms with Gasteiger partial charge in [-0.05, 0) is 24.6 Å². The first-order valence-electron chi connectivity index (χ1n) is 9.17. The third kappa shape index (κ3) is 3.38. The molecule has 3 aliphatic heterocycles. The lowest BCUT2D eigenvalue weighted by Crippen LogP contribution is -2.41. The van der Waals surface area contributed by atoms with Crippen LogP contribution in [-0.4, -0.2) is 50.8 Å². The summed E-state index contributed by atoms with van der Waals surface area (Å²) in [6.07, 6.45) is 3.50. The molecule has 4 bridgehead atoms. The summed E-state index contributed by atoms with van der Waals surface area (Å²) in [5.41, 5.74) is 3.75. The minimum atomic E-state index is -0.266. The number of ether oxygens (including phenoxy) is 2. The highest BCUT2D eigenvalue weighted by Crippen LogP contribution is 2.31. The summed E-state index contributed by atoms with van der Waals surface area (Å²) in [6.45, 7) is 2.74. The zero-order valence-corrected chi connectivity index (χ0v) is 16.1. The van der Waals surface area contributed by atoms with E-state index < -0.39 is 0 Å². The molecular weight excluding hydrogens is 358 g/mol. The second-order valence-electron chi connectivity index (χ2n) is 6.88. The lowest BCUT2D eigenvalue weighted by atomic mass is 10.0. The van der Waals surface area contributed by atoms with Crippen LogP contribution < -0.4 is 20.7 Å².